The monoisotopic (exact) mass is 294 g/mol. The molecule has 0 radical (unpaired) electrons. The molecule has 0 unspecified atom stereocenters. The van der Waals surface area contributed by atoms with Crippen molar-refractivity contribution >= 4 is 10.0 Å². The Hall–Kier alpha value is -1.35. The highest BCUT2D eigenvalue weighted by molar-refractivity contribution is 7.89. The van der Waals surface area contributed by atoms with E-state index >= 15 is 0 Å². The van der Waals surface area contributed by atoms with E-state index in [9.17, 15) is 8.42 Å². The second-order valence-electron chi connectivity index (χ2n) is 4.89. The van der Waals surface area contributed by atoms with Gasteiger partial charge >= 0.3 is 0 Å². The molecule has 0 aliphatic rings. The highest BCUT2D eigenvalue weighted by Crippen LogP contribution is 2.10. The van der Waals surface area contributed by atoms with Crippen LogP contribution in [0.25, 0.3) is 0 Å². The normalized spacial score (nSPS) is 11.5. The number of benzene rings is 1. The molecule has 0 aliphatic heterocycles. The van der Waals surface area contributed by atoms with Crippen LogP contribution in [0.4, 0.5) is 0 Å². The first-order chi connectivity index (χ1) is 9.45. The Morgan fingerprint density at radius 2 is 1.90 bits per heavy atom. The molecule has 5 heteroatoms. The number of unbranched alkanes of at least 4 members (excludes halogenated alkanes) is 1. The van der Waals surface area contributed by atoms with E-state index in [4.69, 9.17) is 6.42 Å². The molecule has 0 aromatic heterocycles. The first-order valence-corrected chi connectivity index (χ1v) is 8.19. The van der Waals surface area contributed by atoms with Gasteiger partial charge in [-0.05, 0) is 24.1 Å². The van der Waals surface area contributed by atoms with Crippen LogP contribution in [-0.4, -0.2) is 21.0 Å². The second kappa shape index (κ2) is 8.05. The van der Waals surface area contributed by atoms with Gasteiger partial charge in [0.2, 0.25) is 10.0 Å². The van der Waals surface area contributed by atoms with E-state index < -0.39 is 10.0 Å². The third-order valence-electron chi connectivity index (χ3n) is 2.74. The van der Waals surface area contributed by atoms with Crippen molar-refractivity contribution < 1.29 is 8.42 Å². The fourth-order valence-electron chi connectivity index (χ4n) is 1.59. The molecule has 0 bridgehead atoms. The van der Waals surface area contributed by atoms with Crippen molar-refractivity contribution in [2.45, 2.75) is 44.2 Å². The van der Waals surface area contributed by atoms with Crippen LogP contribution in [0.2, 0.25) is 0 Å². The van der Waals surface area contributed by atoms with Gasteiger partial charge in [0.15, 0.2) is 0 Å². The smallest absolute Gasteiger partial charge is 0.240 e. The van der Waals surface area contributed by atoms with Gasteiger partial charge in [0.1, 0.15) is 0 Å². The van der Waals surface area contributed by atoms with Crippen molar-refractivity contribution in [1.82, 2.24) is 10.0 Å². The molecule has 1 aromatic carbocycles. The van der Waals surface area contributed by atoms with Crippen LogP contribution in [0.3, 0.4) is 0 Å². The van der Waals surface area contributed by atoms with Gasteiger partial charge < -0.3 is 5.32 Å². The third kappa shape index (κ3) is 5.74. The minimum atomic E-state index is -3.43. The van der Waals surface area contributed by atoms with Crippen molar-refractivity contribution in [3.05, 3.63) is 29.8 Å². The summed E-state index contributed by atoms with van der Waals surface area (Å²) in [4.78, 5) is 0.284. The van der Waals surface area contributed by atoms with E-state index in [1.165, 1.54) is 0 Å². The maximum Gasteiger partial charge on any atom is 0.240 e. The standard InChI is InChI=1S/C15H22N2O2S/c1-4-5-6-11-17-20(18,19)15-9-7-14(8-10-15)12-16-13(2)3/h1,7-10,13,16-17H,5-6,11-12H2,2-3H3. The maximum absolute atomic E-state index is 12.0. The largest absolute Gasteiger partial charge is 0.310 e. The Kier molecular flexibility index (Phi) is 6.73. The first kappa shape index (κ1) is 16.7. The Balaban J connectivity index is 2.60. The van der Waals surface area contributed by atoms with Crippen LogP contribution in [0, 0.1) is 12.3 Å². The zero-order chi connectivity index (χ0) is 15.0. The summed E-state index contributed by atoms with van der Waals surface area (Å²) < 4.78 is 26.5. The lowest BCUT2D eigenvalue weighted by Gasteiger charge is -2.09. The Bertz CT molecular complexity index is 542. The highest BCUT2D eigenvalue weighted by atomic mass is 32.2. The van der Waals surface area contributed by atoms with Gasteiger partial charge in [0, 0.05) is 25.6 Å². The SMILES string of the molecule is C#CCCCNS(=O)(=O)c1ccc(CNC(C)C)cc1. The average molecular weight is 294 g/mol. The molecule has 2 N–H and O–H groups in total. The maximum atomic E-state index is 12.0. The van der Waals surface area contributed by atoms with Gasteiger partial charge in [-0.25, -0.2) is 13.1 Å². The molecule has 110 valence electrons. The molecule has 1 rings (SSSR count). The Morgan fingerprint density at radius 3 is 2.45 bits per heavy atom. The van der Waals surface area contributed by atoms with E-state index in [0.717, 1.165) is 12.1 Å². The summed E-state index contributed by atoms with van der Waals surface area (Å²) in [7, 11) is -3.43. The molecule has 0 atom stereocenters. The van der Waals surface area contributed by atoms with Gasteiger partial charge in [-0.15, -0.1) is 12.3 Å². The molecule has 0 aliphatic carbocycles. The fraction of sp³-hybridized carbons (Fsp3) is 0.467. The van der Waals surface area contributed by atoms with Crippen molar-refractivity contribution in [3.63, 3.8) is 0 Å². The summed E-state index contributed by atoms with van der Waals surface area (Å²) in [6.07, 6.45) is 6.34. The lowest BCUT2D eigenvalue weighted by molar-refractivity contribution is 0.578. The molecule has 0 saturated carbocycles. The highest BCUT2D eigenvalue weighted by Gasteiger charge is 2.12. The number of rotatable bonds is 8. The van der Waals surface area contributed by atoms with Crippen LogP contribution in [0.15, 0.2) is 29.2 Å². The second-order valence-corrected chi connectivity index (χ2v) is 6.65. The number of terminal acetylenes is 1. The van der Waals surface area contributed by atoms with Crippen molar-refractivity contribution in [2.24, 2.45) is 0 Å². The van der Waals surface area contributed by atoms with Gasteiger partial charge in [-0.3, -0.25) is 0 Å². The number of hydrogen-bond donors (Lipinski definition) is 2. The molecular weight excluding hydrogens is 272 g/mol. The number of hydrogen-bond acceptors (Lipinski definition) is 3. The van der Waals surface area contributed by atoms with E-state index in [-0.39, 0.29) is 4.90 Å². The lowest BCUT2D eigenvalue weighted by atomic mass is 10.2. The number of nitrogens with one attached hydrogen (secondary N) is 2. The minimum Gasteiger partial charge on any atom is -0.310 e. The van der Waals surface area contributed by atoms with Crippen LogP contribution < -0.4 is 10.0 Å². The summed E-state index contributed by atoms with van der Waals surface area (Å²) >= 11 is 0. The van der Waals surface area contributed by atoms with Gasteiger partial charge in [-0.2, -0.15) is 0 Å². The topological polar surface area (TPSA) is 58.2 Å². The van der Waals surface area contributed by atoms with Gasteiger partial charge in [-0.1, -0.05) is 26.0 Å². The zero-order valence-corrected chi connectivity index (χ0v) is 12.8. The molecule has 20 heavy (non-hydrogen) atoms. The van der Waals surface area contributed by atoms with Crippen molar-refractivity contribution in [2.75, 3.05) is 6.54 Å². The Morgan fingerprint density at radius 1 is 1.25 bits per heavy atom. The van der Waals surface area contributed by atoms with Crippen LogP contribution in [0.5, 0.6) is 0 Å². The molecule has 0 amide bonds. The summed E-state index contributed by atoms with van der Waals surface area (Å²) in [5, 5.41) is 3.28. The van der Waals surface area contributed by atoms with E-state index in [1.807, 2.05) is 12.1 Å². The molecule has 0 spiro atoms. The molecule has 0 heterocycles. The van der Waals surface area contributed by atoms with Crippen LogP contribution in [-0.2, 0) is 16.6 Å². The molecular formula is C15H22N2O2S. The summed E-state index contributed by atoms with van der Waals surface area (Å²) in [5.74, 6) is 2.48. The lowest BCUT2D eigenvalue weighted by Crippen LogP contribution is -2.25. The predicted molar refractivity (Wildman–Crippen MR) is 81.7 cm³/mol. The third-order valence-corrected chi connectivity index (χ3v) is 4.21. The van der Waals surface area contributed by atoms with Gasteiger partial charge in [0.25, 0.3) is 0 Å². The van der Waals surface area contributed by atoms with Crippen LogP contribution in [0.1, 0.15) is 32.3 Å². The average Bonchev–Trinajstić information content (AvgIpc) is 2.42. The van der Waals surface area contributed by atoms with Crippen molar-refractivity contribution in [3.8, 4) is 12.3 Å². The molecule has 1 aromatic rings. The predicted octanol–water partition coefficient (Wildman–Crippen LogP) is 1.88. The van der Waals surface area contributed by atoms with Gasteiger partial charge in [0.05, 0.1) is 4.90 Å². The summed E-state index contributed by atoms with van der Waals surface area (Å²) in [6.45, 7) is 5.23. The minimum absolute atomic E-state index is 0.284. The summed E-state index contributed by atoms with van der Waals surface area (Å²) in [5.41, 5.74) is 1.06. The van der Waals surface area contributed by atoms with E-state index in [0.29, 0.717) is 25.4 Å². The van der Waals surface area contributed by atoms with Crippen molar-refractivity contribution in [1.29, 1.82) is 0 Å². The van der Waals surface area contributed by atoms with E-state index in [2.05, 4.69) is 29.8 Å². The quantitative estimate of drug-likeness (QED) is 0.568. The number of sulfonamides is 1. The molecule has 0 saturated heterocycles. The fourth-order valence-corrected chi connectivity index (χ4v) is 2.66. The zero-order valence-electron chi connectivity index (χ0n) is 12.0. The van der Waals surface area contributed by atoms with E-state index in [1.54, 1.807) is 12.1 Å². The molecule has 0 fully saturated rings. The molecule has 4 nitrogen and oxygen atoms in total. The summed E-state index contributed by atoms with van der Waals surface area (Å²) in [6, 6.07) is 7.30. The Labute approximate surface area is 122 Å². The van der Waals surface area contributed by atoms with Crippen LogP contribution >= 0.6 is 0 Å². The first-order valence-electron chi connectivity index (χ1n) is 6.71.